The predicted molar refractivity (Wildman–Crippen MR) is 150 cm³/mol. The number of hydrogen-bond acceptors (Lipinski definition) is 7. The maximum Gasteiger partial charge on any atom is 0.305 e. The van der Waals surface area contributed by atoms with Gasteiger partial charge in [-0.15, -0.1) is 11.3 Å². The van der Waals surface area contributed by atoms with E-state index in [9.17, 15) is 14.7 Å². The highest BCUT2D eigenvalue weighted by atomic mass is 35.5. The number of nitrogens with zero attached hydrogens (tertiary/aromatic N) is 1. The number of thiazole rings is 1. The minimum atomic E-state index is -0.159. The molecule has 0 spiro atoms. The number of aromatic hydroxyl groups is 1. The second-order valence-electron chi connectivity index (χ2n) is 9.30. The zero-order valence-corrected chi connectivity index (χ0v) is 22.9. The van der Waals surface area contributed by atoms with Crippen LogP contribution in [-0.4, -0.2) is 59.7 Å². The lowest BCUT2D eigenvalue weighted by atomic mass is 9.94. The summed E-state index contributed by atoms with van der Waals surface area (Å²) in [6.07, 6.45) is 8.03. The van der Waals surface area contributed by atoms with E-state index in [1.807, 2.05) is 12.1 Å². The molecule has 4 rings (SSSR count). The van der Waals surface area contributed by atoms with Gasteiger partial charge in [-0.2, -0.15) is 0 Å². The first-order valence-electron chi connectivity index (χ1n) is 12.8. The van der Waals surface area contributed by atoms with Crippen LogP contribution in [0, 0.1) is 0 Å². The van der Waals surface area contributed by atoms with Crippen LogP contribution in [0.1, 0.15) is 49.0 Å². The first-order chi connectivity index (χ1) is 17.5. The predicted octanol–water partition coefficient (Wildman–Crippen LogP) is 4.53. The first kappa shape index (κ1) is 27.1. The van der Waals surface area contributed by atoms with Crippen molar-refractivity contribution < 1.29 is 9.90 Å². The number of rotatable bonds is 13. The number of fused-ring (bicyclic) bond motifs is 1. The molecule has 1 aliphatic carbocycles. The Balaban J connectivity index is 1.22. The van der Waals surface area contributed by atoms with Gasteiger partial charge in [-0.05, 0) is 62.5 Å². The number of aromatic amines is 1. The maximum atomic E-state index is 13.1. The summed E-state index contributed by atoms with van der Waals surface area (Å²) in [7, 11) is 0. The van der Waals surface area contributed by atoms with Crippen LogP contribution in [0.5, 0.6) is 5.75 Å². The van der Waals surface area contributed by atoms with Crippen molar-refractivity contribution in [1.82, 2.24) is 20.5 Å². The van der Waals surface area contributed by atoms with E-state index in [0.717, 1.165) is 71.3 Å². The topological polar surface area (TPSA) is 97.5 Å². The average Bonchev–Trinajstić information content (AvgIpc) is 3.48. The van der Waals surface area contributed by atoms with Gasteiger partial charge < -0.3 is 25.6 Å². The number of carbonyl (C=O) groups is 1. The molecule has 1 aromatic carbocycles. The number of hydrogen-bond donors (Lipinski definition) is 4. The van der Waals surface area contributed by atoms with Gasteiger partial charge in [0.1, 0.15) is 11.3 Å². The normalized spacial score (nSPS) is 14.5. The molecule has 2 heterocycles. The third-order valence-electron chi connectivity index (χ3n) is 6.77. The van der Waals surface area contributed by atoms with Gasteiger partial charge >= 0.3 is 4.87 Å². The van der Waals surface area contributed by atoms with E-state index in [-0.39, 0.29) is 16.5 Å². The van der Waals surface area contributed by atoms with Crippen LogP contribution in [0.4, 0.5) is 0 Å². The van der Waals surface area contributed by atoms with Gasteiger partial charge in [-0.25, -0.2) is 0 Å². The summed E-state index contributed by atoms with van der Waals surface area (Å²) in [4.78, 5) is 30.8. The molecule has 1 fully saturated rings. The fourth-order valence-corrected chi connectivity index (χ4v) is 6.87. The van der Waals surface area contributed by atoms with Crippen molar-refractivity contribution in [2.75, 3.05) is 32.7 Å². The molecule has 3 aromatic rings. The van der Waals surface area contributed by atoms with Crippen LogP contribution in [0.15, 0.2) is 29.1 Å². The van der Waals surface area contributed by atoms with E-state index in [0.29, 0.717) is 31.1 Å². The summed E-state index contributed by atoms with van der Waals surface area (Å²) >= 11 is 8.73. The van der Waals surface area contributed by atoms with E-state index in [1.54, 1.807) is 17.4 Å². The van der Waals surface area contributed by atoms with Crippen molar-refractivity contribution in [2.45, 2.75) is 57.4 Å². The highest BCUT2D eigenvalue weighted by Crippen LogP contribution is 2.28. The molecule has 10 heteroatoms. The molecule has 0 unspecified atom stereocenters. The maximum absolute atomic E-state index is 13.1. The van der Waals surface area contributed by atoms with Crippen LogP contribution in [-0.2, 0) is 17.6 Å². The fraction of sp³-hybridized carbons (Fsp3) is 0.538. The Morgan fingerprint density at radius 3 is 2.58 bits per heavy atom. The van der Waals surface area contributed by atoms with Crippen LogP contribution in [0.3, 0.4) is 0 Å². The highest BCUT2D eigenvalue weighted by molar-refractivity contribution is 7.16. The van der Waals surface area contributed by atoms with Crippen molar-refractivity contribution in [3.63, 3.8) is 0 Å². The number of nitrogens with one attached hydrogen (secondary N) is 3. The molecule has 1 aliphatic rings. The van der Waals surface area contributed by atoms with E-state index >= 15 is 0 Å². The van der Waals surface area contributed by atoms with Gasteiger partial charge in [0.15, 0.2) is 0 Å². The van der Waals surface area contributed by atoms with Crippen molar-refractivity contribution in [3.05, 3.63) is 48.7 Å². The minimum Gasteiger partial charge on any atom is -0.506 e. The van der Waals surface area contributed by atoms with E-state index in [4.69, 9.17) is 11.6 Å². The molecule has 0 saturated heterocycles. The zero-order chi connectivity index (χ0) is 25.3. The van der Waals surface area contributed by atoms with Gasteiger partial charge in [-0.3, -0.25) is 9.59 Å². The molecule has 4 N–H and O–H groups in total. The van der Waals surface area contributed by atoms with Gasteiger partial charge in [0.25, 0.3) is 0 Å². The summed E-state index contributed by atoms with van der Waals surface area (Å²) in [5.74, 6) is 0.333. The van der Waals surface area contributed by atoms with Crippen molar-refractivity contribution >= 4 is 50.4 Å². The number of benzene rings is 1. The summed E-state index contributed by atoms with van der Waals surface area (Å²) in [5.41, 5.74) is 1.55. The monoisotopic (exact) mass is 550 g/mol. The second-order valence-corrected chi connectivity index (χ2v) is 12.1. The van der Waals surface area contributed by atoms with Crippen LogP contribution in [0.2, 0.25) is 4.34 Å². The van der Waals surface area contributed by atoms with Gasteiger partial charge in [0, 0.05) is 37.0 Å². The Labute approximate surface area is 224 Å². The molecule has 0 atom stereocenters. The lowest BCUT2D eigenvalue weighted by Crippen LogP contribution is -2.45. The molecule has 0 aliphatic heterocycles. The number of halogens is 1. The highest BCUT2D eigenvalue weighted by Gasteiger charge is 2.24. The lowest BCUT2D eigenvalue weighted by molar-refractivity contribution is -0.134. The Kier molecular flexibility index (Phi) is 10.2. The van der Waals surface area contributed by atoms with Gasteiger partial charge in [0.05, 0.1) is 9.04 Å². The lowest BCUT2D eigenvalue weighted by Gasteiger charge is -2.34. The van der Waals surface area contributed by atoms with E-state index < -0.39 is 0 Å². The summed E-state index contributed by atoms with van der Waals surface area (Å²) in [5, 5.41) is 16.9. The number of amides is 1. The van der Waals surface area contributed by atoms with Crippen molar-refractivity contribution in [1.29, 1.82) is 0 Å². The zero-order valence-electron chi connectivity index (χ0n) is 20.5. The summed E-state index contributed by atoms with van der Waals surface area (Å²) in [6, 6.07) is 7.83. The third-order valence-corrected chi connectivity index (χ3v) is 9.02. The molecule has 36 heavy (non-hydrogen) atoms. The summed E-state index contributed by atoms with van der Waals surface area (Å²) < 4.78 is 1.63. The van der Waals surface area contributed by atoms with Crippen LogP contribution < -0.4 is 15.5 Å². The molecule has 0 bridgehead atoms. The third kappa shape index (κ3) is 7.55. The molecular formula is C26H35ClN4O3S2. The molecule has 1 saturated carbocycles. The molecule has 196 valence electrons. The Morgan fingerprint density at radius 1 is 1.03 bits per heavy atom. The molecule has 7 nitrogen and oxygen atoms in total. The SMILES string of the molecule is O=C(CCNCCc1ccc(Cl)s1)N(CCNCCc1ccc(O)c2[nH]c(=O)sc12)C1CCCCC1. The second kappa shape index (κ2) is 13.6. The average molecular weight is 551 g/mol. The largest absolute Gasteiger partial charge is 0.506 e. The molecule has 2 aromatic heterocycles. The van der Waals surface area contributed by atoms with E-state index in [1.165, 1.54) is 24.1 Å². The molecule has 1 amide bonds. The number of carbonyl (C=O) groups excluding carboxylic acids is 1. The molecule has 0 radical (unpaired) electrons. The number of H-pyrrole nitrogens is 1. The number of phenolic OH excluding ortho intramolecular Hbond substituents is 1. The van der Waals surface area contributed by atoms with Gasteiger partial charge in [-0.1, -0.05) is 48.3 Å². The fourth-order valence-electron chi connectivity index (χ4n) is 4.88. The van der Waals surface area contributed by atoms with Gasteiger partial charge in [0.2, 0.25) is 5.91 Å². The minimum absolute atomic E-state index is 0.104. The summed E-state index contributed by atoms with van der Waals surface area (Å²) in [6.45, 7) is 3.71. The van der Waals surface area contributed by atoms with Crippen molar-refractivity contribution in [3.8, 4) is 5.75 Å². The number of aromatic nitrogens is 1. The Morgan fingerprint density at radius 2 is 1.81 bits per heavy atom. The Bertz CT molecular complexity index is 1190. The molecular weight excluding hydrogens is 516 g/mol. The Hall–Kier alpha value is -1.91. The van der Waals surface area contributed by atoms with Crippen LogP contribution >= 0.6 is 34.3 Å². The smallest absolute Gasteiger partial charge is 0.305 e. The van der Waals surface area contributed by atoms with Crippen LogP contribution in [0.25, 0.3) is 10.2 Å². The van der Waals surface area contributed by atoms with E-state index in [2.05, 4.69) is 26.6 Å². The number of thiophene rings is 1. The standard InChI is InChI=1S/C26H35ClN4O3S2/c27-22-9-7-20(35-22)11-14-28-15-12-23(33)31(19-4-2-1-3-5-19)17-16-29-13-10-18-6-8-21(32)24-25(18)36-26(34)30-24/h6-9,19,28-29,32H,1-5,10-17H2,(H,30,34). The quantitative estimate of drug-likeness (QED) is 0.234. The first-order valence-corrected chi connectivity index (χ1v) is 14.8. The van der Waals surface area contributed by atoms with Crippen molar-refractivity contribution in [2.24, 2.45) is 0 Å². The number of phenols is 1.